The predicted molar refractivity (Wildman–Crippen MR) is 85.0 cm³/mol. The van der Waals surface area contributed by atoms with Gasteiger partial charge in [-0.1, -0.05) is 19.9 Å². The lowest BCUT2D eigenvalue weighted by Gasteiger charge is -2.36. The van der Waals surface area contributed by atoms with E-state index in [9.17, 15) is 14.4 Å². The van der Waals surface area contributed by atoms with Gasteiger partial charge in [-0.05, 0) is 13.5 Å². The molecule has 0 spiro atoms. The topological polar surface area (TPSA) is 85.0 Å². The second kappa shape index (κ2) is 7.56. The maximum atomic E-state index is 12.5. The highest BCUT2D eigenvalue weighted by atomic mass is 16.2. The first kappa shape index (κ1) is 17.4. The molecule has 8 heteroatoms. The summed E-state index contributed by atoms with van der Waals surface area (Å²) in [7, 11) is 2.04. The Kier molecular flexibility index (Phi) is 5.73. The van der Waals surface area contributed by atoms with E-state index in [1.54, 1.807) is 0 Å². The number of rotatable bonds is 6. The number of barbiturate groups is 1. The first-order valence-corrected chi connectivity index (χ1v) is 7.99. The highest BCUT2D eigenvalue weighted by Gasteiger charge is 2.42. The van der Waals surface area contributed by atoms with Gasteiger partial charge in [-0.25, -0.2) is 9.80 Å². The Labute approximate surface area is 136 Å². The molecule has 0 aliphatic carbocycles. The molecule has 4 amide bonds. The van der Waals surface area contributed by atoms with E-state index in [4.69, 9.17) is 0 Å². The fraction of sp³-hybridized carbons (Fsp3) is 0.667. The summed E-state index contributed by atoms with van der Waals surface area (Å²) in [6, 6.07) is -0.642. The summed E-state index contributed by atoms with van der Waals surface area (Å²) in [5.41, 5.74) is 3.37. The van der Waals surface area contributed by atoms with Gasteiger partial charge in [-0.2, -0.15) is 0 Å². The molecule has 1 atom stereocenters. The minimum absolute atomic E-state index is 0.311. The summed E-state index contributed by atoms with van der Waals surface area (Å²) in [6.45, 7) is 9.47. The number of hydrogen-bond donors (Lipinski definition) is 2. The smallest absolute Gasteiger partial charge is 0.322 e. The summed E-state index contributed by atoms with van der Waals surface area (Å²) in [6.07, 6.45) is 1.56. The predicted octanol–water partition coefficient (Wildman–Crippen LogP) is -0.253. The Hall–Kier alpha value is -1.93. The Morgan fingerprint density at radius 3 is 2.52 bits per heavy atom. The molecule has 2 saturated heterocycles. The number of carbonyl (C=O) groups is 3. The lowest BCUT2D eigenvalue weighted by Crippen LogP contribution is -2.60. The van der Waals surface area contributed by atoms with Gasteiger partial charge in [-0.3, -0.25) is 19.8 Å². The average molecular weight is 323 g/mol. The van der Waals surface area contributed by atoms with Crippen LogP contribution in [-0.4, -0.2) is 72.4 Å². The summed E-state index contributed by atoms with van der Waals surface area (Å²) < 4.78 is 0. The molecule has 0 aromatic carbocycles. The third-order valence-corrected chi connectivity index (χ3v) is 4.14. The number of hydrogen-bond acceptors (Lipinski definition) is 6. The maximum Gasteiger partial charge on any atom is 0.330 e. The molecule has 0 bridgehead atoms. The largest absolute Gasteiger partial charge is 0.330 e. The third-order valence-electron chi connectivity index (χ3n) is 4.14. The SMILES string of the molecule is C=C(NN1CCN(C)CC1)[C@H]1C(=O)NC(=O)N(CCCC)C1=O. The van der Waals surface area contributed by atoms with E-state index >= 15 is 0 Å². The fourth-order valence-corrected chi connectivity index (χ4v) is 2.63. The monoisotopic (exact) mass is 323 g/mol. The molecule has 2 fully saturated rings. The Bertz CT molecular complexity index is 499. The highest BCUT2D eigenvalue weighted by molar-refractivity contribution is 6.17. The molecule has 0 aromatic rings. The Morgan fingerprint density at radius 2 is 1.91 bits per heavy atom. The summed E-state index contributed by atoms with van der Waals surface area (Å²) in [5, 5.41) is 4.18. The van der Waals surface area contributed by atoms with Crippen LogP contribution >= 0.6 is 0 Å². The number of hydrazine groups is 1. The van der Waals surface area contributed by atoms with Crippen LogP contribution in [-0.2, 0) is 9.59 Å². The molecule has 2 rings (SSSR count). The van der Waals surface area contributed by atoms with Crippen molar-refractivity contribution in [3.63, 3.8) is 0 Å². The number of piperazine rings is 1. The van der Waals surface area contributed by atoms with Crippen molar-refractivity contribution in [2.24, 2.45) is 5.92 Å². The number of nitrogens with zero attached hydrogens (tertiary/aromatic N) is 3. The first-order chi connectivity index (χ1) is 10.9. The van der Waals surface area contributed by atoms with Crippen molar-refractivity contribution in [1.29, 1.82) is 0 Å². The number of unbranched alkanes of at least 4 members (excludes halogenated alkanes) is 1. The van der Waals surface area contributed by atoms with E-state index in [2.05, 4.69) is 22.2 Å². The fourth-order valence-electron chi connectivity index (χ4n) is 2.63. The van der Waals surface area contributed by atoms with Gasteiger partial charge in [0, 0.05) is 38.4 Å². The lowest BCUT2D eigenvalue weighted by atomic mass is 10.0. The van der Waals surface area contributed by atoms with Crippen molar-refractivity contribution in [2.75, 3.05) is 39.8 Å². The van der Waals surface area contributed by atoms with Gasteiger partial charge in [0.15, 0.2) is 5.92 Å². The van der Waals surface area contributed by atoms with Crippen LogP contribution in [0.2, 0.25) is 0 Å². The zero-order valence-corrected chi connectivity index (χ0v) is 13.8. The van der Waals surface area contributed by atoms with Crippen molar-refractivity contribution in [1.82, 2.24) is 25.6 Å². The van der Waals surface area contributed by atoms with Gasteiger partial charge in [0.25, 0.3) is 0 Å². The lowest BCUT2D eigenvalue weighted by molar-refractivity contribution is -0.141. The molecule has 0 unspecified atom stereocenters. The van der Waals surface area contributed by atoms with Gasteiger partial charge >= 0.3 is 6.03 Å². The first-order valence-electron chi connectivity index (χ1n) is 7.99. The third kappa shape index (κ3) is 4.08. The van der Waals surface area contributed by atoms with E-state index in [0.717, 1.165) is 37.5 Å². The maximum absolute atomic E-state index is 12.5. The van der Waals surface area contributed by atoms with Gasteiger partial charge in [0.05, 0.1) is 0 Å². The molecule has 2 heterocycles. The molecular weight excluding hydrogens is 298 g/mol. The van der Waals surface area contributed by atoms with E-state index in [-0.39, 0.29) is 0 Å². The van der Waals surface area contributed by atoms with Gasteiger partial charge < -0.3 is 10.3 Å². The average Bonchev–Trinajstić information content (AvgIpc) is 2.49. The summed E-state index contributed by atoms with van der Waals surface area (Å²) in [5.74, 6) is -2.18. The van der Waals surface area contributed by atoms with Gasteiger partial charge in [-0.15, -0.1) is 0 Å². The van der Waals surface area contributed by atoms with Crippen molar-refractivity contribution in [3.05, 3.63) is 12.3 Å². The molecule has 2 aliphatic heterocycles. The van der Waals surface area contributed by atoms with E-state index < -0.39 is 23.8 Å². The molecule has 128 valence electrons. The molecule has 8 nitrogen and oxygen atoms in total. The Balaban J connectivity index is 2.01. The molecular formula is C15H25N5O3. The second-order valence-electron chi connectivity index (χ2n) is 6.00. The quantitative estimate of drug-likeness (QED) is 0.656. The summed E-state index contributed by atoms with van der Waals surface area (Å²) >= 11 is 0. The number of urea groups is 1. The van der Waals surface area contributed by atoms with E-state index in [0.29, 0.717) is 18.7 Å². The highest BCUT2D eigenvalue weighted by Crippen LogP contribution is 2.17. The molecule has 2 N–H and O–H groups in total. The molecule has 2 aliphatic rings. The standard InChI is InChI=1S/C15H25N5O3/c1-4-5-6-20-14(22)12(13(21)16-15(20)23)11(2)17-19-9-7-18(3)8-10-19/h12,17H,2,4-10H2,1,3H3,(H,16,21,23)/t12-/m0/s1. The molecule has 0 saturated carbocycles. The normalized spacial score (nSPS) is 23.8. The van der Waals surface area contributed by atoms with Crippen LogP contribution in [0.5, 0.6) is 0 Å². The number of amides is 4. The van der Waals surface area contributed by atoms with E-state index in [1.165, 1.54) is 0 Å². The molecule has 0 aromatic heterocycles. The zero-order valence-electron chi connectivity index (χ0n) is 13.8. The van der Waals surface area contributed by atoms with Crippen LogP contribution < -0.4 is 10.7 Å². The minimum atomic E-state index is -1.07. The van der Waals surface area contributed by atoms with Crippen LogP contribution in [0.4, 0.5) is 4.79 Å². The molecule has 23 heavy (non-hydrogen) atoms. The van der Waals surface area contributed by atoms with Crippen molar-refractivity contribution >= 4 is 17.8 Å². The van der Waals surface area contributed by atoms with Gasteiger partial charge in [0.2, 0.25) is 11.8 Å². The van der Waals surface area contributed by atoms with Gasteiger partial charge in [0.1, 0.15) is 0 Å². The van der Waals surface area contributed by atoms with Crippen molar-refractivity contribution in [3.8, 4) is 0 Å². The minimum Gasteiger partial charge on any atom is -0.322 e. The zero-order chi connectivity index (χ0) is 17.0. The van der Waals surface area contributed by atoms with Crippen LogP contribution in [0.15, 0.2) is 12.3 Å². The number of imide groups is 2. The Morgan fingerprint density at radius 1 is 1.26 bits per heavy atom. The van der Waals surface area contributed by atoms with Crippen LogP contribution in [0.25, 0.3) is 0 Å². The van der Waals surface area contributed by atoms with Crippen molar-refractivity contribution < 1.29 is 14.4 Å². The van der Waals surface area contributed by atoms with Crippen molar-refractivity contribution in [2.45, 2.75) is 19.8 Å². The van der Waals surface area contributed by atoms with E-state index in [1.807, 2.05) is 19.0 Å². The van der Waals surface area contributed by atoms with Crippen LogP contribution in [0, 0.1) is 5.92 Å². The summed E-state index contributed by atoms with van der Waals surface area (Å²) in [4.78, 5) is 39.7. The van der Waals surface area contributed by atoms with Crippen LogP contribution in [0.1, 0.15) is 19.8 Å². The molecule has 0 radical (unpaired) electrons. The number of likely N-dealkylation sites (N-methyl/N-ethyl adjacent to an activating group) is 1. The number of carbonyl (C=O) groups excluding carboxylic acids is 3. The number of nitrogens with one attached hydrogen (secondary N) is 2. The van der Waals surface area contributed by atoms with Crippen LogP contribution in [0.3, 0.4) is 0 Å². The second-order valence-corrected chi connectivity index (χ2v) is 6.00.